The van der Waals surface area contributed by atoms with Crippen molar-refractivity contribution in [2.45, 2.75) is 0 Å². The summed E-state index contributed by atoms with van der Waals surface area (Å²) in [4.78, 5) is 8.84. The average Bonchev–Trinajstić information content (AvgIpc) is 2.54. The van der Waals surface area contributed by atoms with Gasteiger partial charge in [0.2, 0.25) is 0 Å². The third kappa shape index (κ3) is 3.34. The van der Waals surface area contributed by atoms with Gasteiger partial charge in [0, 0.05) is 43.9 Å². The van der Waals surface area contributed by atoms with E-state index >= 15 is 0 Å². The van der Waals surface area contributed by atoms with Gasteiger partial charge in [0.1, 0.15) is 5.82 Å². The fraction of sp³-hybridized carbons (Fsp3) is 0.312. The van der Waals surface area contributed by atoms with Crippen molar-refractivity contribution < 1.29 is 0 Å². The zero-order valence-electron chi connectivity index (χ0n) is 12.6. The molecule has 5 nitrogen and oxygen atoms in total. The molecule has 2 N–H and O–H groups in total. The largest absolute Gasteiger partial charge is 0.368 e. The van der Waals surface area contributed by atoms with Crippen LogP contribution in [0.3, 0.4) is 0 Å². The second kappa shape index (κ2) is 6.54. The van der Waals surface area contributed by atoms with Gasteiger partial charge >= 0.3 is 0 Å². The molecule has 0 radical (unpaired) electrons. The molecular weight excluding hydrogens is 342 g/mol. The summed E-state index contributed by atoms with van der Waals surface area (Å²) >= 11 is 3.50. The lowest BCUT2D eigenvalue weighted by Gasteiger charge is -2.29. The van der Waals surface area contributed by atoms with Crippen LogP contribution in [0.2, 0.25) is 0 Å². The molecule has 1 saturated heterocycles. The Morgan fingerprint density at radius 2 is 2.09 bits per heavy atom. The number of anilines is 2. The molecule has 0 atom stereocenters. The van der Waals surface area contributed by atoms with E-state index in [4.69, 9.17) is 0 Å². The van der Waals surface area contributed by atoms with E-state index in [1.54, 1.807) is 0 Å². The zero-order chi connectivity index (χ0) is 15.5. The molecule has 0 bridgehead atoms. The maximum absolute atomic E-state index is 4.52. The van der Waals surface area contributed by atoms with E-state index in [0.717, 1.165) is 47.9 Å². The maximum Gasteiger partial charge on any atom is 0.130 e. The van der Waals surface area contributed by atoms with Gasteiger partial charge in [-0.2, -0.15) is 0 Å². The summed E-state index contributed by atoms with van der Waals surface area (Å²) in [5.41, 5.74) is 3.03. The van der Waals surface area contributed by atoms with Crippen LogP contribution in [-0.2, 0) is 0 Å². The number of hydrogen-bond acceptors (Lipinski definition) is 5. The zero-order valence-corrected chi connectivity index (χ0v) is 14.2. The van der Waals surface area contributed by atoms with Crippen LogP contribution in [-0.4, -0.2) is 43.1 Å². The van der Waals surface area contributed by atoms with E-state index in [9.17, 15) is 0 Å². The summed E-state index contributed by atoms with van der Waals surface area (Å²) in [5, 5.41) is 6.69. The van der Waals surface area contributed by atoms with Gasteiger partial charge in [0.05, 0.1) is 23.3 Å². The molecule has 0 saturated carbocycles. The Kier molecular flexibility index (Phi) is 4.49. The number of piperazine rings is 1. The van der Waals surface area contributed by atoms with Gasteiger partial charge in [-0.05, 0) is 34.1 Å². The molecule has 22 heavy (non-hydrogen) atoms. The SMILES string of the molecule is C=C1C(Nc2ccc(N3CCNCC3)cn2)=CC(Br)=CN1C. The van der Waals surface area contributed by atoms with Gasteiger partial charge in [-0.1, -0.05) is 6.58 Å². The fourth-order valence-corrected chi connectivity index (χ4v) is 3.06. The van der Waals surface area contributed by atoms with Crippen LogP contribution in [0.15, 0.2) is 53.1 Å². The highest BCUT2D eigenvalue weighted by Crippen LogP contribution is 2.25. The first-order valence-electron chi connectivity index (χ1n) is 7.33. The first-order chi connectivity index (χ1) is 10.6. The summed E-state index contributed by atoms with van der Waals surface area (Å²) in [6.07, 6.45) is 5.91. The highest BCUT2D eigenvalue weighted by molar-refractivity contribution is 9.11. The first kappa shape index (κ1) is 15.1. The molecule has 3 heterocycles. The topological polar surface area (TPSA) is 43.4 Å². The number of halogens is 1. The number of allylic oxidation sites excluding steroid dienone is 2. The molecule has 1 aromatic rings. The lowest BCUT2D eigenvalue weighted by atomic mass is 10.2. The van der Waals surface area contributed by atoms with E-state index in [-0.39, 0.29) is 0 Å². The van der Waals surface area contributed by atoms with E-state index < -0.39 is 0 Å². The summed E-state index contributed by atoms with van der Waals surface area (Å²) in [6.45, 7) is 8.19. The number of likely N-dealkylation sites (N-methyl/N-ethyl adjacent to an activating group) is 1. The van der Waals surface area contributed by atoms with Crippen molar-refractivity contribution >= 4 is 27.4 Å². The molecule has 116 valence electrons. The number of pyridine rings is 1. The van der Waals surface area contributed by atoms with Crippen molar-refractivity contribution in [3.05, 3.63) is 53.1 Å². The molecule has 1 fully saturated rings. The van der Waals surface area contributed by atoms with Crippen molar-refractivity contribution in [3.8, 4) is 0 Å². The van der Waals surface area contributed by atoms with E-state index in [2.05, 4.69) is 49.1 Å². The molecule has 0 spiro atoms. The summed E-state index contributed by atoms with van der Waals surface area (Å²) in [5.74, 6) is 0.821. The van der Waals surface area contributed by atoms with Gasteiger partial charge in [0.15, 0.2) is 0 Å². The number of nitrogens with zero attached hydrogens (tertiary/aromatic N) is 3. The molecule has 0 aliphatic carbocycles. The van der Waals surface area contributed by atoms with Crippen LogP contribution >= 0.6 is 15.9 Å². The van der Waals surface area contributed by atoms with Crippen LogP contribution in [0, 0.1) is 0 Å². The van der Waals surface area contributed by atoms with Crippen molar-refractivity contribution in [1.82, 2.24) is 15.2 Å². The van der Waals surface area contributed by atoms with Gasteiger partial charge in [-0.25, -0.2) is 4.98 Å². The van der Waals surface area contributed by atoms with E-state index in [1.807, 2.05) is 36.5 Å². The Bertz CT molecular complexity index is 614. The lowest BCUT2D eigenvalue weighted by molar-refractivity contribution is 0.575. The van der Waals surface area contributed by atoms with Gasteiger partial charge in [0.25, 0.3) is 0 Å². The van der Waals surface area contributed by atoms with Crippen LogP contribution in [0.1, 0.15) is 0 Å². The number of hydrogen-bond donors (Lipinski definition) is 2. The molecule has 1 aromatic heterocycles. The highest BCUT2D eigenvalue weighted by atomic mass is 79.9. The third-order valence-electron chi connectivity index (χ3n) is 3.83. The predicted molar refractivity (Wildman–Crippen MR) is 94.9 cm³/mol. The quantitative estimate of drug-likeness (QED) is 0.865. The Hall–Kier alpha value is -1.79. The minimum Gasteiger partial charge on any atom is -0.368 e. The lowest BCUT2D eigenvalue weighted by Crippen LogP contribution is -2.43. The van der Waals surface area contributed by atoms with Crippen LogP contribution in [0.25, 0.3) is 0 Å². The smallest absolute Gasteiger partial charge is 0.130 e. The minimum atomic E-state index is 0.821. The molecule has 3 rings (SSSR count). The highest BCUT2D eigenvalue weighted by Gasteiger charge is 2.14. The van der Waals surface area contributed by atoms with Crippen LogP contribution < -0.4 is 15.5 Å². The normalized spacial score (nSPS) is 18.9. The fourth-order valence-electron chi connectivity index (χ4n) is 2.53. The van der Waals surface area contributed by atoms with Gasteiger partial charge in [-0.3, -0.25) is 0 Å². The van der Waals surface area contributed by atoms with E-state index in [1.165, 1.54) is 5.69 Å². The van der Waals surface area contributed by atoms with E-state index in [0.29, 0.717) is 0 Å². The summed E-state index contributed by atoms with van der Waals surface area (Å²) in [6, 6.07) is 4.12. The van der Waals surface area contributed by atoms with Crippen molar-refractivity contribution in [1.29, 1.82) is 0 Å². The second-order valence-electron chi connectivity index (χ2n) is 5.39. The van der Waals surface area contributed by atoms with Crippen molar-refractivity contribution in [2.24, 2.45) is 0 Å². The van der Waals surface area contributed by atoms with Crippen molar-refractivity contribution in [3.63, 3.8) is 0 Å². The summed E-state index contributed by atoms with van der Waals surface area (Å²) < 4.78 is 1.00. The number of nitrogens with one attached hydrogen (secondary N) is 2. The van der Waals surface area contributed by atoms with Gasteiger partial charge < -0.3 is 20.4 Å². The first-order valence-corrected chi connectivity index (χ1v) is 8.12. The Morgan fingerprint density at radius 3 is 2.77 bits per heavy atom. The van der Waals surface area contributed by atoms with Crippen molar-refractivity contribution in [2.75, 3.05) is 43.4 Å². The van der Waals surface area contributed by atoms with Gasteiger partial charge in [-0.15, -0.1) is 0 Å². The molecule has 0 aromatic carbocycles. The third-order valence-corrected chi connectivity index (χ3v) is 4.26. The summed E-state index contributed by atoms with van der Waals surface area (Å²) in [7, 11) is 1.97. The van der Waals surface area contributed by atoms with Crippen LogP contribution in [0.5, 0.6) is 0 Å². The van der Waals surface area contributed by atoms with Crippen LogP contribution in [0.4, 0.5) is 11.5 Å². The molecule has 2 aliphatic heterocycles. The maximum atomic E-state index is 4.52. The molecular formula is C16H20BrN5. The number of aromatic nitrogens is 1. The molecule has 6 heteroatoms. The second-order valence-corrected chi connectivity index (χ2v) is 6.31. The standard InChI is InChI=1S/C16H20BrN5/c1-12-15(9-13(17)11-21(12)2)20-16-4-3-14(10-19-16)22-7-5-18-6-8-22/h3-4,9-11,18H,1,5-8H2,2H3,(H,19,20). The Balaban J connectivity index is 1.71. The molecule has 0 unspecified atom stereocenters. The monoisotopic (exact) mass is 361 g/mol. The predicted octanol–water partition coefficient (Wildman–Crippen LogP) is 2.48. The Morgan fingerprint density at radius 1 is 1.32 bits per heavy atom. The average molecular weight is 362 g/mol. The number of rotatable bonds is 3. The minimum absolute atomic E-state index is 0.821. The Labute approximate surface area is 139 Å². The molecule has 0 amide bonds. The molecule has 2 aliphatic rings.